The van der Waals surface area contributed by atoms with Gasteiger partial charge in [-0.25, -0.2) is 4.39 Å². The van der Waals surface area contributed by atoms with Crippen molar-refractivity contribution in [3.05, 3.63) is 35.1 Å². The number of piperazine rings is 1. The Morgan fingerprint density at radius 1 is 1.29 bits per heavy atom. The molecule has 2 aliphatic heterocycles. The van der Waals surface area contributed by atoms with E-state index >= 15 is 0 Å². The van der Waals surface area contributed by atoms with Crippen LogP contribution in [0.25, 0.3) is 0 Å². The summed E-state index contributed by atoms with van der Waals surface area (Å²) >= 11 is 0. The number of hydrogen-bond acceptors (Lipinski definition) is 3. The minimum absolute atomic E-state index is 0.163. The minimum Gasteiger partial charge on any atom is -0.326 e. The van der Waals surface area contributed by atoms with Crippen LogP contribution in [0.2, 0.25) is 0 Å². The third-order valence-electron chi connectivity index (χ3n) is 5.08. The van der Waals surface area contributed by atoms with Crippen LogP contribution in [0.3, 0.4) is 0 Å². The van der Waals surface area contributed by atoms with Gasteiger partial charge < -0.3 is 5.73 Å². The summed E-state index contributed by atoms with van der Waals surface area (Å²) < 4.78 is 13.7. The molecule has 2 atom stereocenters. The summed E-state index contributed by atoms with van der Waals surface area (Å²) in [5, 5.41) is 0. The lowest BCUT2D eigenvalue weighted by Gasteiger charge is -2.36. The van der Waals surface area contributed by atoms with Gasteiger partial charge in [0.15, 0.2) is 0 Å². The van der Waals surface area contributed by atoms with Gasteiger partial charge in [0.25, 0.3) is 0 Å². The molecule has 3 rings (SSSR count). The molecule has 2 heterocycles. The molecule has 2 saturated heterocycles. The normalized spacial score (nSPS) is 26.1. The third kappa shape index (κ3) is 2.98. The lowest BCUT2D eigenvalue weighted by atomic mass is 10.1. The van der Waals surface area contributed by atoms with Crippen LogP contribution < -0.4 is 5.73 Å². The van der Waals surface area contributed by atoms with E-state index in [2.05, 4.69) is 23.6 Å². The van der Waals surface area contributed by atoms with Crippen molar-refractivity contribution in [1.29, 1.82) is 0 Å². The first-order chi connectivity index (χ1) is 10.1. The van der Waals surface area contributed by atoms with Crippen molar-refractivity contribution >= 4 is 0 Å². The van der Waals surface area contributed by atoms with Crippen molar-refractivity contribution in [2.75, 3.05) is 19.6 Å². The first kappa shape index (κ1) is 14.9. The van der Waals surface area contributed by atoms with Crippen molar-refractivity contribution in [2.24, 2.45) is 5.73 Å². The number of rotatable bonds is 5. The first-order valence-electron chi connectivity index (χ1n) is 8.05. The fourth-order valence-electron chi connectivity index (χ4n) is 3.87. The van der Waals surface area contributed by atoms with Gasteiger partial charge in [0.05, 0.1) is 0 Å². The van der Waals surface area contributed by atoms with Gasteiger partial charge in [0, 0.05) is 49.9 Å². The number of hydrogen-bond donors (Lipinski definition) is 1. The monoisotopic (exact) mass is 291 g/mol. The van der Waals surface area contributed by atoms with E-state index in [1.54, 1.807) is 6.07 Å². The predicted molar refractivity (Wildman–Crippen MR) is 83.6 cm³/mol. The molecular weight excluding hydrogens is 265 g/mol. The van der Waals surface area contributed by atoms with E-state index < -0.39 is 0 Å². The molecule has 1 aromatic carbocycles. The quantitative estimate of drug-likeness (QED) is 0.900. The smallest absolute Gasteiger partial charge is 0.127 e. The Kier molecular flexibility index (Phi) is 4.29. The standard InChI is InChI=1S/C17H26FN3/c1-12(2)21-11-15-8-16(21)10-20(15)6-5-13-3-4-14(9-19)17(18)7-13/h3-4,7,12,15-16H,5-6,8-11,19H2,1-2H3. The Bertz CT molecular complexity index is 503. The molecule has 2 bridgehead atoms. The van der Waals surface area contributed by atoms with E-state index in [0.717, 1.165) is 24.6 Å². The van der Waals surface area contributed by atoms with Crippen LogP contribution in [-0.4, -0.2) is 47.6 Å². The summed E-state index contributed by atoms with van der Waals surface area (Å²) in [5.74, 6) is -0.163. The van der Waals surface area contributed by atoms with Gasteiger partial charge in [0.2, 0.25) is 0 Å². The zero-order chi connectivity index (χ0) is 15.0. The number of fused-ring (bicyclic) bond motifs is 2. The molecule has 0 radical (unpaired) electrons. The fourth-order valence-corrected chi connectivity index (χ4v) is 3.87. The average Bonchev–Trinajstić information content (AvgIpc) is 3.05. The van der Waals surface area contributed by atoms with E-state index in [4.69, 9.17) is 5.73 Å². The van der Waals surface area contributed by atoms with E-state index in [0.29, 0.717) is 17.6 Å². The molecule has 1 aromatic rings. The van der Waals surface area contributed by atoms with Crippen molar-refractivity contribution in [2.45, 2.75) is 51.4 Å². The van der Waals surface area contributed by atoms with Crippen molar-refractivity contribution in [3.8, 4) is 0 Å². The second-order valence-corrected chi connectivity index (χ2v) is 6.71. The molecule has 116 valence electrons. The van der Waals surface area contributed by atoms with Gasteiger partial charge in [0.1, 0.15) is 5.82 Å². The zero-order valence-electron chi connectivity index (χ0n) is 13.1. The second-order valence-electron chi connectivity index (χ2n) is 6.71. The van der Waals surface area contributed by atoms with Crippen molar-refractivity contribution in [1.82, 2.24) is 9.80 Å². The van der Waals surface area contributed by atoms with Gasteiger partial charge in [-0.2, -0.15) is 0 Å². The summed E-state index contributed by atoms with van der Waals surface area (Å²) in [5.41, 5.74) is 7.18. The first-order valence-corrected chi connectivity index (χ1v) is 8.05. The van der Waals surface area contributed by atoms with Crippen LogP contribution in [0, 0.1) is 5.82 Å². The number of nitrogens with two attached hydrogens (primary N) is 1. The van der Waals surface area contributed by atoms with Gasteiger partial charge >= 0.3 is 0 Å². The Balaban J connectivity index is 1.54. The topological polar surface area (TPSA) is 32.5 Å². The molecule has 2 aliphatic rings. The molecule has 2 N–H and O–H groups in total. The Morgan fingerprint density at radius 3 is 2.67 bits per heavy atom. The van der Waals surface area contributed by atoms with Crippen LogP contribution >= 0.6 is 0 Å². The molecule has 2 fully saturated rings. The largest absolute Gasteiger partial charge is 0.326 e. The minimum atomic E-state index is -0.163. The highest BCUT2D eigenvalue weighted by atomic mass is 19.1. The SMILES string of the molecule is CC(C)N1CC2CC1CN2CCc1ccc(CN)c(F)c1. The summed E-state index contributed by atoms with van der Waals surface area (Å²) in [6.07, 6.45) is 2.23. The molecule has 4 heteroatoms. The molecule has 0 aliphatic carbocycles. The fraction of sp³-hybridized carbons (Fsp3) is 0.647. The molecular formula is C17H26FN3. The van der Waals surface area contributed by atoms with Crippen LogP contribution in [0.5, 0.6) is 0 Å². The average molecular weight is 291 g/mol. The second kappa shape index (κ2) is 6.03. The molecule has 0 aromatic heterocycles. The zero-order valence-corrected chi connectivity index (χ0v) is 13.1. The highest BCUT2D eigenvalue weighted by Crippen LogP contribution is 2.32. The maximum atomic E-state index is 13.7. The molecule has 0 spiro atoms. The number of likely N-dealkylation sites (tertiary alicyclic amines) is 2. The van der Waals surface area contributed by atoms with Crippen molar-refractivity contribution < 1.29 is 4.39 Å². The van der Waals surface area contributed by atoms with E-state index in [-0.39, 0.29) is 12.4 Å². The van der Waals surface area contributed by atoms with E-state index in [1.807, 2.05) is 12.1 Å². The summed E-state index contributed by atoms with van der Waals surface area (Å²) in [6, 6.07) is 7.56. The Morgan fingerprint density at radius 2 is 2.10 bits per heavy atom. The summed E-state index contributed by atoms with van der Waals surface area (Å²) in [6.45, 7) is 8.25. The summed E-state index contributed by atoms with van der Waals surface area (Å²) in [4.78, 5) is 5.20. The number of benzene rings is 1. The van der Waals surface area contributed by atoms with Gasteiger partial charge in [-0.3, -0.25) is 9.80 Å². The lowest BCUT2D eigenvalue weighted by Crippen LogP contribution is -2.49. The molecule has 3 nitrogen and oxygen atoms in total. The van der Waals surface area contributed by atoms with Gasteiger partial charge in [-0.05, 0) is 38.3 Å². The van der Waals surface area contributed by atoms with Gasteiger partial charge in [-0.1, -0.05) is 12.1 Å². The number of nitrogens with zero attached hydrogens (tertiary/aromatic N) is 2. The predicted octanol–water partition coefficient (Wildman–Crippen LogP) is 1.99. The third-order valence-corrected chi connectivity index (χ3v) is 5.08. The number of halogens is 1. The van der Waals surface area contributed by atoms with E-state index in [1.165, 1.54) is 19.5 Å². The molecule has 21 heavy (non-hydrogen) atoms. The Labute approximate surface area is 126 Å². The van der Waals surface area contributed by atoms with Crippen LogP contribution in [0.15, 0.2) is 18.2 Å². The van der Waals surface area contributed by atoms with Crippen LogP contribution in [0.1, 0.15) is 31.4 Å². The molecule has 2 unspecified atom stereocenters. The van der Waals surface area contributed by atoms with E-state index in [9.17, 15) is 4.39 Å². The lowest BCUT2D eigenvalue weighted by molar-refractivity contribution is 0.105. The van der Waals surface area contributed by atoms with Gasteiger partial charge in [-0.15, -0.1) is 0 Å². The Hall–Kier alpha value is -0.970. The van der Waals surface area contributed by atoms with Crippen LogP contribution in [0.4, 0.5) is 4.39 Å². The highest BCUT2D eigenvalue weighted by Gasteiger charge is 2.43. The van der Waals surface area contributed by atoms with Crippen LogP contribution in [-0.2, 0) is 13.0 Å². The highest BCUT2D eigenvalue weighted by molar-refractivity contribution is 5.24. The molecule has 0 saturated carbocycles. The maximum Gasteiger partial charge on any atom is 0.127 e. The molecule has 0 amide bonds. The van der Waals surface area contributed by atoms with Crippen molar-refractivity contribution in [3.63, 3.8) is 0 Å². The summed E-state index contributed by atoms with van der Waals surface area (Å²) in [7, 11) is 0. The maximum absolute atomic E-state index is 13.7.